The molecule has 0 saturated heterocycles. The topological polar surface area (TPSA) is 66.4 Å². The van der Waals surface area contributed by atoms with Gasteiger partial charge in [0.1, 0.15) is 11.6 Å². The van der Waals surface area contributed by atoms with Crippen molar-refractivity contribution < 1.29 is 22.3 Å². The molecule has 0 heterocycles. The lowest BCUT2D eigenvalue weighted by atomic mass is 9.94. The van der Waals surface area contributed by atoms with Gasteiger partial charge in [0.25, 0.3) is 0 Å². The zero-order valence-electron chi connectivity index (χ0n) is 13.5. The molecule has 0 atom stereocenters. The van der Waals surface area contributed by atoms with Gasteiger partial charge in [-0.1, -0.05) is 12.1 Å². The van der Waals surface area contributed by atoms with E-state index in [-0.39, 0.29) is 22.6 Å². The predicted molar refractivity (Wildman–Crippen MR) is 90.4 cm³/mol. The van der Waals surface area contributed by atoms with Crippen LogP contribution in [0.3, 0.4) is 0 Å². The van der Waals surface area contributed by atoms with Crippen molar-refractivity contribution in [2.75, 3.05) is 0 Å². The van der Waals surface area contributed by atoms with Gasteiger partial charge in [-0.2, -0.15) is 0 Å². The lowest BCUT2D eigenvalue weighted by Gasteiger charge is -2.26. The maximum atomic E-state index is 13.8. The minimum atomic E-state index is -3.69. The fraction of sp³-hybridized carbons (Fsp3) is 0.333. The van der Waals surface area contributed by atoms with Crippen LogP contribution in [-0.2, 0) is 10.0 Å². The Bertz CT molecular complexity index is 845. The molecule has 3 rings (SSSR count). The van der Waals surface area contributed by atoms with E-state index in [0.717, 1.165) is 18.2 Å². The van der Waals surface area contributed by atoms with Gasteiger partial charge in [-0.05, 0) is 61.6 Å². The van der Waals surface area contributed by atoms with E-state index in [9.17, 15) is 22.3 Å². The molecule has 2 aromatic rings. The summed E-state index contributed by atoms with van der Waals surface area (Å²) in [5.74, 6) is -1.13. The lowest BCUT2D eigenvalue weighted by molar-refractivity contribution is 0.120. The summed E-state index contributed by atoms with van der Waals surface area (Å²) in [5, 5.41) is 9.49. The van der Waals surface area contributed by atoms with Gasteiger partial charge < -0.3 is 5.11 Å². The predicted octanol–water partition coefficient (Wildman–Crippen LogP) is 3.21. The van der Waals surface area contributed by atoms with Gasteiger partial charge in [-0.25, -0.2) is 21.9 Å². The van der Waals surface area contributed by atoms with E-state index in [4.69, 9.17) is 0 Å². The first-order valence-electron chi connectivity index (χ1n) is 8.11. The average Bonchev–Trinajstić information content (AvgIpc) is 2.59. The standard InChI is InChI=1S/C18H19F2NO3S/c19-13-3-10-18(20)17(11-13)12-1-8-16(9-2-12)25(23,24)21-14-4-6-15(22)7-5-14/h1-3,8-11,14-15,21-22H,4-7H2/t14-,15-. The molecule has 0 unspecified atom stereocenters. The van der Waals surface area contributed by atoms with Gasteiger partial charge in [-0.3, -0.25) is 0 Å². The number of nitrogens with one attached hydrogen (secondary N) is 1. The van der Waals surface area contributed by atoms with Crippen LogP contribution in [0.25, 0.3) is 11.1 Å². The molecule has 0 spiro atoms. The van der Waals surface area contributed by atoms with Crippen molar-refractivity contribution in [3.8, 4) is 11.1 Å². The van der Waals surface area contributed by atoms with Gasteiger partial charge in [0.05, 0.1) is 11.0 Å². The summed E-state index contributed by atoms with van der Waals surface area (Å²) in [4.78, 5) is 0.0687. The second-order valence-electron chi connectivity index (χ2n) is 6.28. The molecule has 25 heavy (non-hydrogen) atoms. The fourth-order valence-electron chi connectivity index (χ4n) is 3.01. The molecule has 2 N–H and O–H groups in total. The van der Waals surface area contributed by atoms with E-state index in [2.05, 4.69) is 4.72 Å². The van der Waals surface area contributed by atoms with Crippen LogP contribution in [0, 0.1) is 11.6 Å². The number of aliphatic hydroxyl groups excluding tert-OH is 1. The molecule has 1 aliphatic rings. The SMILES string of the molecule is O=S(=O)(N[C@H]1CC[C@H](O)CC1)c1ccc(-c2cc(F)ccc2F)cc1. The molecule has 4 nitrogen and oxygen atoms in total. The van der Waals surface area contributed by atoms with Crippen LogP contribution in [-0.4, -0.2) is 25.7 Å². The van der Waals surface area contributed by atoms with Crippen LogP contribution >= 0.6 is 0 Å². The summed E-state index contributed by atoms with van der Waals surface area (Å²) in [6, 6.07) is 8.60. The zero-order chi connectivity index (χ0) is 18.0. The molecule has 0 amide bonds. The summed E-state index contributed by atoms with van der Waals surface area (Å²) in [6.07, 6.45) is 1.97. The van der Waals surface area contributed by atoms with Gasteiger partial charge >= 0.3 is 0 Å². The molecule has 0 radical (unpaired) electrons. The zero-order valence-corrected chi connectivity index (χ0v) is 14.3. The normalized spacial score (nSPS) is 21.2. The maximum Gasteiger partial charge on any atom is 0.240 e. The second kappa shape index (κ2) is 7.19. The Hall–Kier alpha value is -1.83. The van der Waals surface area contributed by atoms with E-state index in [1.54, 1.807) is 0 Å². The van der Waals surface area contributed by atoms with Crippen molar-refractivity contribution in [1.29, 1.82) is 0 Å². The quantitative estimate of drug-likeness (QED) is 0.872. The van der Waals surface area contributed by atoms with Crippen molar-refractivity contribution in [1.82, 2.24) is 4.72 Å². The van der Waals surface area contributed by atoms with Gasteiger partial charge in [0.15, 0.2) is 0 Å². The lowest BCUT2D eigenvalue weighted by Crippen LogP contribution is -2.38. The Morgan fingerprint density at radius 1 is 0.960 bits per heavy atom. The summed E-state index contributed by atoms with van der Waals surface area (Å²) >= 11 is 0. The number of rotatable bonds is 4. The maximum absolute atomic E-state index is 13.8. The Kier molecular flexibility index (Phi) is 5.17. The molecule has 7 heteroatoms. The Balaban J connectivity index is 1.78. The molecule has 1 fully saturated rings. The van der Waals surface area contributed by atoms with Gasteiger partial charge in [0, 0.05) is 11.6 Å². The molecule has 0 aromatic heterocycles. The number of hydrogen-bond donors (Lipinski definition) is 2. The molecule has 2 aromatic carbocycles. The number of hydrogen-bond acceptors (Lipinski definition) is 3. The smallest absolute Gasteiger partial charge is 0.240 e. The summed E-state index contributed by atoms with van der Waals surface area (Å²) < 4.78 is 54.6. The highest BCUT2D eigenvalue weighted by molar-refractivity contribution is 7.89. The number of sulfonamides is 1. The average molecular weight is 367 g/mol. The van der Waals surface area contributed by atoms with E-state index >= 15 is 0 Å². The highest BCUT2D eigenvalue weighted by Gasteiger charge is 2.24. The third-order valence-electron chi connectivity index (χ3n) is 4.42. The Morgan fingerprint density at radius 3 is 2.24 bits per heavy atom. The van der Waals surface area contributed by atoms with E-state index in [1.807, 2.05) is 0 Å². The number of halogens is 2. The Labute approximate surface area is 145 Å². The van der Waals surface area contributed by atoms with Crippen molar-refractivity contribution in [2.24, 2.45) is 0 Å². The minimum Gasteiger partial charge on any atom is -0.393 e. The van der Waals surface area contributed by atoms with Crippen molar-refractivity contribution in [3.05, 3.63) is 54.1 Å². The molecular weight excluding hydrogens is 348 g/mol. The first-order valence-corrected chi connectivity index (χ1v) is 9.59. The number of benzene rings is 2. The fourth-order valence-corrected chi connectivity index (χ4v) is 4.32. The molecule has 1 saturated carbocycles. The largest absolute Gasteiger partial charge is 0.393 e. The van der Waals surface area contributed by atoms with Crippen LogP contribution in [0.4, 0.5) is 8.78 Å². The summed E-state index contributed by atoms with van der Waals surface area (Å²) in [7, 11) is -3.69. The summed E-state index contributed by atoms with van der Waals surface area (Å²) in [5.41, 5.74) is 0.481. The van der Waals surface area contributed by atoms with Crippen LogP contribution in [0.2, 0.25) is 0 Å². The third-order valence-corrected chi connectivity index (χ3v) is 5.96. The van der Waals surface area contributed by atoms with E-state index in [0.29, 0.717) is 31.2 Å². The highest BCUT2D eigenvalue weighted by atomic mass is 32.2. The van der Waals surface area contributed by atoms with Crippen LogP contribution in [0.1, 0.15) is 25.7 Å². The van der Waals surface area contributed by atoms with Crippen LogP contribution in [0.5, 0.6) is 0 Å². The van der Waals surface area contributed by atoms with Crippen molar-refractivity contribution in [3.63, 3.8) is 0 Å². The first kappa shape index (κ1) is 18.0. The molecule has 1 aliphatic carbocycles. The van der Waals surface area contributed by atoms with Crippen LogP contribution in [0.15, 0.2) is 47.4 Å². The van der Waals surface area contributed by atoms with Crippen molar-refractivity contribution >= 4 is 10.0 Å². The minimum absolute atomic E-state index is 0.0687. The van der Waals surface area contributed by atoms with Gasteiger partial charge in [0.2, 0.25) is 10.0 Å². The van der Waals surface area contributed by atoms with E-state index < -0.39 is 21.7 Å². The second-order valence-corrected chi connectivity index (χ2v) is 7.99. The molecule has 134 valence electrons. The first-order chi connectivity index (χ1) is 11.8. The van der Waals surface area contributed by atoms with Crippen LogP contribution < -0.4 is 4.72 Å². The monoisotopic (exact) mass is 367 g/mol. The summed E-state index contributed by atoms with van der Waals surface area (Å²) in [6.45, 7) is 0. The molecule has 0 bridgehead atoms. The Morgan fingerprint density at radius 2 is 1.60 bits per heavy atom. The number of aliphatic hydroxyl groups is 1. The third kappa shape index (κ3) is 4.23. The molecule has 0 aliphatic heterocycles. The van der Waals surface area contributed by atoms with E-state index in [1.165, 1.54) is 24.3 Å². The van der Waals surface area contributed by atoms with Crippen molar-refractivity contribution in [2.45, 2.75) is 42.7 Å². The molecular formula is C18H19F2NO3S. The highest BCUT2D eigenvalue weighted by Crippen LogP contribution is 2.26. The van der Waals surface area contributed by atoms with Gasteiger partial charge in [-0.15, -0.1) is 0 Å².